The Morgan fingerprint density at radius 3 is 2.93 bits per heavy atom. The van der Waals surface area contributed by atoms with Gasteiger partial charge in [-0.15, -0.1) is 11.3 Å². The number of nitrogens with zero attached hydrogens (tertiary/aromatic N) is 1. The number of hydrogen-bond donors (Lipinski definition) is 1. The van der Waals surface area contributed by atoms with Crippen LogP contribution >= 0.6 is 27.3 Å². The fraction of sp³-hybridized carbons (Fsp3) is 0.111. The summed E-state index contributed by atoms with van der Waals surface area (Å²) in [6.07, 6.45) is 1.50. The number of aryl methyl sites for hydroxylation is 1. The zero-order chi connectivity index (χ0) is 11.0. The zero-order valence-electron chi connectivity index (χ0n) is 7.65. The zero-order valence-corrected chi connectivity index (χ0v) is 10.1. The average molecular weight is 288 g/mol. The van der Waals surface area contributed by atoms with Gasteiger partial charge in [0.15, 0.2) is 11.5 Å². The number of carboxylic acid groups (broad SMARTS) is 1. The maximum absolute atomic E-state index is 10.9. The van der Waals surface area contributed by atoms with Crippen LogP contribution in [0.3, 0.4) is 0 Å². The van der Waals surface area contributed by atoms with E-state index in [1.54, 1.807) is 13.0 Å². The van der Waals surface area contributed by atoms with Crippen LogP contribution in [0.5, 0.6) is 0 Å². The van der Waals surface area contributed by atoms with E-state index in [4.69, 9.17) is 9.52 Å². The largest absolute Gasteiger partial charge is 0.476 e. The van der Waals surface area contributed by atoms with Crippen LogP contribution in [0.4, 0.5) is 0 Å². The van der Waals surface area contributed by atoms with E-state index in [0.29, 0.717) is 15.6 Å². The van der Waals surface area contributed by atoms with Gasteiger partial charge in [-0.1, -0.05) is 0 Å². The monoisotopic (exact) mass is 287 g/mol. The van der Waals surface area contributed by atoms with Gasteiger partial charge in [0, 0.05) is 0 Å². The number of rotatable bonds is 2. The highest BCUT2D eigenvalue weighted by Crippen LogP contribution is 2.35. The quantitative estimate of drug-likeness (QED) is 0.921. The van der Waals surface area contributed by atoms with E-state index in [0.717, 1.165) is 4.47 Å². The van der Waals surface area contributed by atoms with Gasteiger partial charge in [0.05, 0.1) is 15.7 Å². The van der Waals surface area contributed by atoms with Gasteiger partial charge in [-0.2, -0.15) is 0 Å². The number of aromatic nitrogens is 1. The lowest BCUT2D eigenvalue weighted by Crippen LogP contribution is -1.98. The van der Waals surface area contributed by atoms with Gasteiger partial charge in [-0.05, 0) is 28.9 Å². The number of furan rings is 1. The molecule has 2 aromatic heterocycles. The van der Waals surface area contributed by atoms with Crippen molar-refractivity contribution in [1.82, 2.24) is 4.98 Å². The Morgan fingerprint density at radius 2 is 2.40 bits per heavy atom. The third kappa shape index (κ3) is 1.82. The lowest BCUT2D eigenvalue weighted by Gasteiger charge is -1.94. The molecule has 0 spiro atoms. The lowest BCUT2D eigenvalue weighted by atomic mass is 10.3. The molecule has 2 rings (SSSR count). The number of aromatic carboxylic acids is 1. The minimum atomic E-state index is -1.04. The molecule has 0 aliphatic heterocycles. The molecule has 0 fully saturated rings. The molecule has 0 saturated carbocycles. The molecule has 0 amide bonds. The van der Waals surface area contributed by atoms with E-state index in [1.165, 1.54) is 17.6 Å². The molecule has 0 bridgehead atoms. The maximum Gasteiger partial charge on any atom is 0.356 e. The summed E-state index contributed by atoms with van der Waals surface area (Å²) in [6.45, 7) is 1.76. The second kappa shape index (κ2) is 3.79. The highest BCUT2D eigenvalue weighted by molar-refractivity contribution is 9.10. The standard InChI is InChI=1S/C9H6BrNO3S/c1-4-11-6(9(12)13)8(15-4)7-5(10)2-3-14-7/h2-3H,1H3,(H,12,13). The van der Waals surface area contributed by atoms with E-state index in [9.17, 15) is 4.79 Å². The predicted octanol–water partition coefficient (Wildman–Crippen LogP) is 3.17. The van der Waals surface area contributed by atoms with Crippen LogP contribution in [-0.2, 0) is 0 Å². The molecule has 0 atom stereocenters. The summed E-state index contributed by atoms with van der Waals surface area (Å²) >= 11 is 4.59. The maximum atomic E-state index is 10.9. The van der Waals surface area contributed by atoms with Gasteiger partial charge in [0.2, 0.25) is 0 Å². The van der Waals surface area contributed by atoms with Crippen molar-refractivity contribution < 1.29 is 14.3 Å². The van der Waals surface area contributed by atoms with E-state index in [-0.39, 0.29) is 5.69 Å². The number of thiazole rings is 1. The Balaban J connectivity index is 2.62. The fourth-order valence-electron chi connectivity index (χ4n) is 1.18. The number of carboxylic acids is 1. The summed E-state index contributed by atoms with van der Waals surface area (Å²) in [5.41, 5.74) is 0.0353. The lowest BCUT2D eigenvalue weighted by molar-refractivity contribution is 0.0692. The SMILES string of the molecule is Cc1nc(C(=O)O)c(-c2occc2Br)s1. The smallest absolute Gasteiger partial charge is 0.356 e. The van der Waals surface area contributed by atoms with Gasteiger partial charge >= 0.3 is 5.97 Å². The normalized spacial score (nSPS) is 10.5. The van der Waals surface area contributed by atoms with Crippen molar-refractivity contribution in [2.45, 2.75) is 6.92 Å². The molecule has 0 aliphatic rings. The first-order valence-electron chi connectivity index (χ1n) is 4.03. The highest BCUT2D eigenvalue weighted by Gasteiger charge is 2.21. The molecule has 0 aliphatic carbocycles. The molecule has 6 heteroatoms. The van der Waals surface area contributed by atoms with Gasteiger partial charge in [-0.25, -0.2) is 9.78 Å². The van der Waals surface area contributed by atoms with Crippen LogP contribution in [0.15, 0.2) is 21.2 Å². The third-order valence-electron chi connectivity index (χ3n) is 1.76. The Hall–Kier alpha value is -1.14. The van der Waals surface area contributed by atoms with E-state index < -0.39 is 5.97 Å². The molecule has 0 unspecified atom stereocenters. The van der Waals surface area contributed by atoms with Crippen LogP contribution in [0.2, 0.25) is 0 Å². The summed E-state index contributed by atoms with van der Waals surface area (Å²) in [6, 6.07) is 1.72. The Kier molecular flexibility index (Phi) is 2.62. The Bertz CT molecular complexity index is 517. The van der Waals surface area contributed by atoms with Crippen LogP contribution < -0.4 is 0 Å². The second-order valence-electron chi connectivity index (χ2n) is 2.81. The Morgan fingerprint density at radius 1 is 1.67 bits per heavy atom. The molecular formula is C9H6BrNO3S. The molecule has 0 aromatic carbocycles. The van der Waals surface area contributed by atoms with Gasteiger partial charge in [0.1, 0.15) is 4.88 Å². The van der Waals surface area contributed by atoms with E-state index in [1.807, 2.05) is 0 Å². The van der Waals surface area contributed by atoms with Gasteiger partial charge < -0.3 is 9.52 Å². The summed E-state index contributed by atoms with van der Waals surface area (Å²) < 4.78 is 5.94. The van der Waals surface area contributed by atoms with E-state index >= 15 is 0 Å². The van der Waals surface area contributed by atoms with Crippen molar-refractivity contribution >= 4 is 33.2 Å². The van der Waals surface area contributed by atoms with Crippen molar-refractivity contribution in [1.29, 1.82) is 0 Å². The highest BCUT2D eigenvalue weighted by atomic mass is 79.9. The summed E-state index contributed by atoms with van der Waals surface area (Å²) in [5, 5.41) is 9.66. The number of halogens is 1. The van der Waals surface area contributed by atoms with Crippen molar-refractivity contribution in [3.8, 4) is 10.6 Å². The third-order valence-corrected chi connectivity index (χ3v) is 3.35. The molecule has 1 N–H and O–H groups in total. The van der Waals surface area contributed by atoms with Gasteiger partial charge in [-0.3, -0.25) is 0 Å². The number of carbonyl (C=O) groups is 1. The van der Waals surface area contributed by atoms with Crippen molar-refractivity contribution in [2.75, 3.05) is 0 Å². The van der Waals surface area contributed by atoms with E-state index in [2.05, 4.69) is 20.9 Å². The van der Waals surface area contributed by atoms with Gasteiger partial charge in [0.25, 0.3) is 0 Å². The molecule has 2 heterocycles. The van der Waals surface area contributed by atoms with Crippen LogP contribution in [0.1, 0.15) is 15.5 Å². The second-order valence-corrected chi connectivity index (χ2v) is 4.87. The fourth-order valence-corrected chi connectivity index (χ4v) is 2.63. The first kappa shape index (κ1) is 10.4. The average Bonchev–Trinajstić information content (AvgIpc) is 2.71. The van der Waals surface area contributed by atoms with Crippen LogP contribution in [0.25, 0.3) is 10.6 Å². The summed E-state index contributed by atoms with van der Waals surface area (Å²) in [7, 11) is 0. The minimum absolute atomic E-state index is 0.0353. The Labute approximate surface area is 97.7 Å². The molecule has 2 aromatic rings. The summed E-state index contributed by atoms with van der Waals surface area (Å²) in [5.74, 6) is -0.532. The number of hydrogen-bond acceptors (Lipinski definition) is 4. The molecular weight excluding hydrogens is 282 g/mol. The van der Waals surface area contributed by atoms with Crippen molar-refractivity contribution in [2.24, 2.45) is 0 Å². The van der Waals surface area contributed by atoms with Crippen molar-refractivity contribution in [3.63, 3.8) is 0 Å². The molecule has 15 heavy (non-hydrogen) atoms. The topological polar surface area (TPSA) is 63.3 Å². The molecule has 78 valence electrons. The molecule has 4 nitrogen and oxygen atoms in total. The first-order chi connectivity index (χ1) is 7.09. The van der Waals surface area contributed by atoms with Crippen LogP contribution in [0, 0.1) is 6.92 Å². The summed E-state index contributed by atoms with van der Waals surface area (Å²) in [4.78, 5) is 15.4. The van der Waals surface area contributed by atoms with Crippen molar-refractivity contribution in [3.05, 3.63) is 27.5 Å². The molecule has 0 radical (unpaired) electrons. The first-order valence-corrected chi connectivity index (χ1v) is 5.64. The predicted molar refractivity (Wildman–Crippen MR) is 59.2 cm³/mol. The minimum Gasteiger partial charge on any atom is -0.476 e. The van der Waals surface area contributed by atoms with Crippen LogP contribution in [-0.4, -0.2) is 16.1 Å². The molecule has 0 saturated heterocycles.